The molecule has 4 heteroatoms. The van der Waals surface area contributed by atoms with Crippen molar-refractivity contribution in [3.05, 3.63) is 41.5 Å². The van der Waals surface area contributed by atoms with Gasteiger partial charge in [0.1, 0.15) is 11.6 Å². The van der Waals surface area contributed by atoms with Gasteiger partial charge in [0.05, 0.1) is 18.0 Å². The van der Waals surface area contributed by atoms with Gasteiger partial charge in [-0.1, -0.05) is 6.07 Å². The van der Waals surface area contributed by atoms with Crippen LogP contribution in [0.2, 0.25) is 0 Å². The van der Waals surface area contributed by atoms with Crippen molar-refractivity contribution in [1.82, 2.24) is 14.9 Å². The van der Waals surface area contributed by atoms with Crippen LogP contribution < -0.4 is 10.1 Å². The summed E-state index contributed by atoms with van der Waals surface area (Å²) < 4.78 is 8.04. The molecular weight excluding hydrogens is 262 g/mol. The predicted molar refractivity (Wildman–Crippen MR) is 82.1 cm³/mol. The molecule has 0 radical (unpaired) electrons. The maximum atomic E-state index is 5.66. The van der Waals surface area contributed by atoms with Crippen LogP contribution in [0.4, 0.5) is 0 Å². The van der Waals surface area contributed by atoms with Gasteiger partial charge in [-0.15, -0.1) is 0 Å². The molecule has 1 N–H and O–H groups in total. The molecule has 2 aliphatic rings. The summed E-state index contributed by atoms with van der Waals surface area (Å²) in [7, 11) is 0. The van der Waals surface area contributed by atoms with Crippen molar-refractivity contribution in [3.8, 4) is 11.4 Å². The molecule has 0 bridgehead atoms. The van der Waals surface area contributed by atoms with Gasteiger partial charge < -0.3 is 10.1 Å². The fourth-order valence-electron chi connectivity index (χ4n) is 3.11. The molecule has 1 fully saturated rings. The van der Waals surface area contributed by atoms with E-state index in [0.717, 1.165) is 25.3 Å². The highest BCUT2D eigenvalue weighted by molar-refractivity contribution is 5.44. The van der Waals surface area contributed by atoms with Crippen LogP contribution in [0.15, 0.2) is 24.3 Å². The molecule has 4 rings (SSSR count). The summed E-state index contributed by atoms with van der Waals surface area (Å²) in [4.78, 5) is 4.92. The Kier molecular flexibility index (Phi) is 3.19. The number of imidazole rings is 1. The number of hydrogen-bond acceptors (Lipinski definition) is 3. The van der Waals surface area contributed by atoms with Gasteiger partial charge >= 0.3 is 0 Å². The number of hydrogen-bond donors (Lipinski definition) is 1. The zero-order valence-corrected chi connectivity index (χ0v) is 12.4. The van der Waals surface area contributed by atoms with Crippen LogP contribution in [-0.2, 0) is 13.0 Å². The summed E-state index contributed by atoms with van der Waals surface area (Å²) in [5.41, 5.74) is 3.80. The van der Waals surface area contributed by atoms with E-state index in [1.807, 2.05) is 13.0 Å². The normalized spacial score (nSPS) is 17.6. The summed E-state index contributed by atoms with van der Waals surface area (Å²) in [5.74, 6) is 2.83. The lowest BCUT2D eigenvalue weighted by atomic mass is 10.1. The maximum absolute atomic E-state index is 5.66. The van der Waals surface area contributed by atoms with Crippen LogP contribution in [0.25, 0.3) is 5.69 Å². The molecule has 1 aromatic carbocycles. The van der Waals surface area contributed by atoms with Crippen LogP contribution >= 0.6 is 0 Å². The van der Waals surface area contributed by atoms with Gasteiger partial charge in [-0.3, -0.25) is 4.57 Å². The van der Waals surface area contributed by atoms with E-state index in [1.165, 1.54) is 35.7 Å². The van der Waals surface area contributed by atoms with Crippen molar-refractivity contribution in [2.75, 3.05) is 13.2 Å². The Hall–Kier alpha value is -1.81. The quantitative estimate of drug-likeness (QED) is 0.938. The summed E-state index contributed by atoms with van der Waals surface area (Å²) in [6.45, 7) is 4.65. The fourth-order valence-corrected chi connectivity index (χ4v) is 3.11. The van der Waals surface area contributed by atoms with Crippen LogP contribution in [0, 0.1) is 0 Å². The Bertz CT molecular complexity index is 658. The smallest absolute Gasteiger partial charge is 0.121 e. The molecule has 1 aliphatic carbocycles. The van der Waals surface area contributed by atoms with Gasteiger partial charge in [-0.2, -0.15) is 0 Å². The van der Waals surface area contributed by atoms with Crippen LogP contribution in [0.5, 0.6) is 5.75 Å². The van der Waals surface area contributed by atoms with E-state index in [0.29, 0.717) is 12.5 Å². The van der Waals surface area contributed by atoms with Gasteiger partial charge in [0, 0.05) is 37.2 Å². The van der Waals surface area contributed by atoms with Crippen LogP contribution in [0.1, 0.15) is 42.9 Å². The number of benzene rings is 1. The van der Waals surface area contributed by atoms with Gasteiger partial charge in [0.15, 0.2) is 0 Å². The summed E-state index contributed by atoms with van der Waals surface area (Å²) in [6.07, 6.45) is 3.59. The van der Waals surface area contributed by atoms with E-state index in [-0.39, 0.29) is 0 Å². The third-order valence-corrected chi connectivity index (χ3v) is 4.24. The minimum absolute atomic E-state index is 0.645. The van der Waals surface area contributed by atoms with E-state index in [9.17, 15) is 0 Å². The van der Waals surface area contributed by atoms with Crippen molar-refractivity contribution in [3.63, 3.8) is 0 Å². The molecule has 1 aromatic heterocycles. The first-order valence-electron chi connectivity index (χ1n) is 7.91. The van der Waals surface area contributed by atoms with Crippen molar-refractivity contribution in [2.45, 2.75) is 38.6 Å². The molecule has 1 saturated carbocycles. The molecule has 4 nitrogen and oxygen atoms in total. The molecule has 0 atom stereocenters. The van der Waals surface area contributed by atoms with E-state index < -0.39 is 0 Å². The SMILES string of the molecule is CCOc1cccc(-n2c(C3CC3)nc3c2CCNC3)c1. The second-order valence-corrected chi connectivity index (χ2v) is 5.83. The first-order chi connectivity index (χ1) is 10.4. The Morgan fingerprint density at radius 3 is 3.10 bits per heavy atom. The number of aromatic nitrogens is 2. The Balaban J connectivity index is 1.82. The first-order valence-corrected chi connectivity index (χ1v) is 7.91. The van der Waals surface area contributed by atoms with Crippen molar-refractivity contribution < 1.29 is 4.74 Å². The third kappa shape index (κ3) is 2.33. The molecule has 2 heterocycles. The minimum Gasteiger partial charge on any atom is -0.494 e. The van der Waals surface area contributed by atoms with Crippen molar-refractivity contribution >= 4 is 0 Å². The lowest BCUT2D eigenvalue weighted by Gasteiger charge is -2.17. The lowest BCUT2D eigenvalue weighted by molar-refractivity contribution is 0.340. The second-order valence-electron chi connectivity index (χ2n) is 5.83. The Labute approximate surface area is 125 Å². The summed E-state index contributed by atoms with van der Waals surface area (Å²) >= 11 is 0. The van der Waals surface area contributed by atoms with Crippen molar-refractivity contribution in [2.24, 2.45) is 0 Å². The third-order valence-electron chi connectivity index (χ3n) is 4.24. The molecule has 0 amide bonds. The standard InChI is InChI=1S/C17H21N3O/c1-2-21-14-5-3-4-13(10-14)20-16-8-9-18-11-15(16)19-17(20)12-6-7-12/h3-5,10,12,18H,2,6-9,11H2,1H3. The fraction of sp³-hybridized carbons (Fsp3) is 0.471. The minimum atomic E-state index is 0.645. The summed E-state index contributed by atoms with van der Waals surface area (Å²) in [6, 6.07) is 8.40. The molecule has 1 aliphatic heterocycles. The van der Waals surface area contributed by atoms with Crippen LogP contribution in [-0.4, -0.2) is 22.7 Å². The zero-order valence-electron chi connectivity index (χ0n) is 12.4. The molecule has 21 heavy (non-hydrogen) atoms. The number of fused-ring (bicyclic) bond motifs is 1. The van der Waals surface area contributed by atoms with E-state index >= 15 is 0 Å². The first kappa shape index (κ1) is 12.9. The topological polar surface area (TPSA) is 39.1 Å². The highest BCUT2D eigenvalue weighted by atomic mass is 16.5. The number of ether oxygens (including phenoxy) is 1. The van der Waals surface area contributed by atoms with Crippen molar-refractivity contribution in [1.29, 1.82) is 0 Å². The van der Waals surface area contributed by atoms with E-state index in [2.05, 4.69) is 28.1 Å². The molecule has 2 aromatic rings. The van der Waals surface area contributed by atoms with E-state index in [4.69, 9.17) is 9.72 Å². The Morgan fingerprint density at radius 2 is 2.29 bits per heavy atom. The predicted octanol–water partition coefficient (Wildman–Crippen LogP) is 2.79. The zero-order chi connectivity index (χ0) is 14.2. The van der Waals surface area contributed by atoms with Gasteiger partial charge in [-0.05, 0) is 31.9 Å². The summed E-state index contributed by atoms with van der Waals surface area (Å²) in [5, 5.41) is 3.42. The number of nitrogens with zero attached hydrogens (tertiary/aromatic N) is 2. The Morgan fingerprint density at radius 1 is 1.38 bits per heavy atom. The molecule has 0 saturated heterocycles. The largest absolute Gasteiger partial charge is 0.494 e. The highest BCUT2D eigenvalue weighted by Crippen LogP contribution is 2.41. The van der Waals surface area contributed by atoms with Crippen LogP contribution in [0.3, 0.4) is 0 Å². The van der Waals surface area contributed by atoms with Gasteiger partial charge in [0.2, 0.25) is 0 Å². The maximum Gasteiger partial charge on any atom is 0.121 e. The molecule has 110 valence electrons. The number of nitrogens with one attached hydrogen (secondary N) is 1. The molecular formula is C17H21N3O. The highest BCUT2D eigenvalue weighted by Gasteiger charge is 2.32. The van der Waals surface area contributed by atoms with Gasteiger partial charge in [0.25, 0.3) is 0 Å². The monoisotopic (exact) mass is 283 g/mol. The second kappa shape index (κ2) is 5.19. The number of rotatable bonds is 4. The molecule has 0 spiro atoms. The average molecular weight is 283 g/mol. The van der Waals surface area contributed by atoms with Gasteiger partial charge in [-0.25, -0.2) is 4.98 Å². The average Bonchev–Trinajstić information content (AvgIpc) is 3.28. The lowest BCUT2D eigenvalue weighted by Crippen LogP contribution is -2.24. The molecule has 0 unspecified atom stereocenters. The van der Waals surface area contributed by atoms with E-state index in [1.54, 1.807) is 0 Å².